The largest absolute Gasteiger partial charge is 0.156 e. The lowest BCUT2D eigenvalue weighted by molar-refractivity contribution is 1.56. The number of thioether (sulfide) groups is 1. The fraction of sp³-hybridized carbons (Fsp3) is 1.00. The van der Waals surface area contributed by atoms with Crippen LogP contribution in [-0.2, 0) is 0 Å². The standard InChI is InChI=1S/C3H7PS2/c1-2-6-4-3-5-1/h4H,1-3H2. The minimum absolute atomic E-state index is 1.18. The Kier molecular flexibility index (Phi) is 2.79. The van der Waals surface area contributed by atoms with Crippen molar-refractivity contribution in [2.45, 2.75) is 0 Å². The van der Waals surface area contributed by atoms with Crippen molar-refractivity contribution < 1.29 is 0 Å². The summed E-state index contributed by atoms with van der Waals surface area (Å²) >= 11 is 4.19. The van der Waals surface area contributed by atoms with Crippen molar-refractivity contribution >= 4 is 30.9 Å². The molecule has 1 atom stereocenters. The number of hydrogen-bond acceptors (Lipinski definition) is 2. The first kappa shape index (κ1) is 5.27. The van der Waals surface area contributed by atoms with Gasteiger partial charge < -0.3 is 0 Å². The summed E-state index contributed by atoms with van der Waals surface area (Å²) in [5, 5.41) is 0. The molecular weight excluding hydrogens is 131 g/mol. The highest BCUT2D eigenvalue weighted by atomic mass is 32.7. The molecule has 1 heterocycles. The summed E-state index contributed by atoms with van der Waals surface area (Å²) in [6.07, 6.45) is 0. The van der Waals surface area contributed by atoms with E-state index in [-0.39, 0.29) is 0 Å². The van der Waals surface area contributed by atoms with Gasteiger partial charge in [-0.2, -0.15) is 11.8 Å². The van der Waals surface area contributed by atoms with Crippen LogP contribution in [0.5, 0.6) is 0 Å². The quantitative estimate of drug-likeness (QED) is 0.470. The Balaban J connectivity index is 2.00. The Labute approximate surface area is 48.4 Å². The third kappa shape index (κ3) is 1.72. The van der Waals surface area contributed by atoms with Gasteiger partial charge in [-0.05, 0) is 0 Å². The Morgan fingerprint density at radius 1 is 1.33 bits per heavy atom. The molecule has 0 amide bonds. The molecule has 0 N–H and O–H groups in total. The van der Waals surface area contributed by atoms with Crippen LogP contribution in [0.1, 0.15) is 0 Å². The first-order chi connectivity index (χ1) is 3.00. The Hall–Kier alpha value is 1.13. The van der Waals surface area contributed by atoms with Crippen molar-refractivity contribution in [1.29, 1.82) is 0 Å². The van der Waals surface area contributed by atoms with Gasteiger partial charge in [-0.25, -0.2) is 0 Å². The monoisotopic (exact) mass is 138 g/mol. The SMILES string of the molecule is C1CSPCS1. The zero-order chi connectivity index (χ0) is 4.24. The van der Waals surface area contributed by atoms with E-state index in [9.17, 15) is 0 Å². The molecule has 0 aliphatic carbocycles. The van der Waals surface area contributed by atoms with Gasteiger partial charge in [0.1, 0.15) is 0 Å². The summed E-state index contributed by atoms with van der Waals surface area (Å²) in [6.45, 7) is 0. The molecule has 0 aromatic rings. The molecule has 0 aromatic heterocycles. The van der Waals surface area contributed by atoms with Gasteiger partial charge >= 0.3 is 0 Å². The number of rotatable bonds is 0. The van der Waals surface area contributed by atoms with Crippen LogP contribution in [-0.4, -0.2) is 17.0 Å². The van der Waals surface area contributed by atoms with Gasteiger partial charge in [0.25, 0.3) is 0 Å². The van der Waals surface area contributed by atoms with E-state index >= 15 is 0 Å². The van der Waals surface area contributed by atoms with E-state index in [1.54, 1.807) is 0 Å². The second-order valence-corrected chi connectivity index (χ2v) is 5.73. The van der Waals surface area contributed by atoms with E-state index in [4.69, 9.17) is 0 Å². The van der Waals surface area contributed by atoms with E-state index in [0.717, 1.165) is 0 Å². The molecule has 0 nitrogen and oxygen atoms in total. The van der Waals surface area contributed by atoms with Gasteiger partial charge in [-0.1, -0.05) is 7.78 Å². The summed E-state index contributed by atoms with van der Waals surface area (Å²) in [5.74, 6) is 2.78. The zero-order valence-corrected chi connectivity index (χ0v) is 6.07. The van der Waals surface area contributed by atoms with Crippen LogP contribution in [0.25, 0.3) is 0 Å². The third-order valence-electron chi connectivity index (χ3n) is 0.593. The summed E-state index contributed by atoms with van der Waals surface area (Å²) in [4.78, 5) is 0. The highest BCUT2D eigenvalue weighted by Crippen LogP contribution is 2.37. The van der Waals surface area contributed by atoms with Crippen LogP contribution in [0.4, 0.5) is 0 Å². The maximum atomic E-state index is 2.10. The predicted molar refractivity (Wildman–Crippen MR) is 38.1 cm³/mol. The average molecular weight is 138 g/mol. The van der Waals surface area contributed by atoms with Crippen LogP contribution in [0, 0.1) is 0 Å². The van der Waals surface area contributed by atoms with Crippen molar-refractivity contribution in [2.24, 2.45) is 0 Å². The predicted octanol–water partition coefficient (Wildman–Crippen LogP) is 2.02. The molecule has 0 radical (unpaired) electrons. The zero-order valence-electron chi connectivity index (χ0n) is 3.44. The molecule has 6 heavy (non-hydrogen) atoms. The van der Waals surface area contributed by atoms with Crippen LogP contribution >= 0.6 is 30.9 Å². The van der Waals surface area contributed by atoms with E-state index in [0.29, 0.717) is 0 Å². The van der Waals surface area contributed by atoms with Gasteiger partial charge in [0, 0.05) is 17.0 Å². The molecule has 36 valence electrons. The molecule has 1 aliphatic heterocycles. The third-order valence-corrected chi connectivity index (χ3v) is 5.53. The fourth-order valence-electron chi connectivity index (χ4n) is 0.328. The van der Waals surface area contributed by atoms with E-state index in [1.165, 1.54) is 24.8 Å². The topological polar surface area (TPSA) is 0 Å². The van der Waals surface area contributed by atoms with Gasteiger partial charge in [-0.3, -0.25) is 0 Å². The lowest BCUT2D eigenvalue weighted by Gasteiger charge is -2.05. The average Bonchev–Trinajstić information content (AvgIpc) is 1.72. The van der Waals surface area contributed by atoms with Crippen molar-refractivity contribution in [3.8, 4) is 0 Å². The van der Waals surface area contributed by atoms with Gasteiger partial charge in [-0.15, -0.1) is 11.4 Å². The molecule has 1 rings (SSSR count). The molecule has 1 fully saturated rings. The van der Waals surface area contributed by atoms with Crippen LogP contribution in [0.2, 0.25) is 0 Å². The Morgan fingerprint density at radius 2 is 2.33 bits per heavy atom. The normalized spacial score (nSPS) is 28.0. The van der Waals surface area contributed by atoms with Crippen molar-refractivity contribution in [2.75, 3.05) is 17.0 Å². The van der Waals surface area contributed by atoms with Gasteiger partial charge in [0.15, 0.2) is 0 Å². The molecule has 1 unspecified atom stereocenters. The maximum Gasteiger partial charge on any atom is 0.0201 e. The first-order valence-corrected chi connectivity index (χ1v) is 6.00. The molecule has 0 saturated carbocycles. The lowest BCUT2D eigenvalue weighted by atomic mass is 11.0. The first-order valence-electron chi connectivity index (χ1n) is 1.92. The van der Waals surface area contributed by atoms with Crippen LogP contribution in [0.3, 0.4) is 0 Å². The Morgan fingerprint density at radius 3 is 2.50 bits per heavy atom. The lowest BCUT2D eigenvalue weighted by Crippen LogP contribution is -1.84. The smallest absolute Gasteiger partial charge is 0.0201 e. The molecular formula is C3H7PS2. The molecule has 0 aromatic carbocycles. The molecule has 3 heteroatoms. The van der Waals surface area contributed by atoms with Crippen molar-refractivity contribution in [3.05, 3.63) is 0 Å². The van der Waals surface area contributed by atoms with Crippen molar-refractivity contribution in [1.82, 2.24) is 0 Å². The van der Waals surface area contributed by atoms with Gasteiger partial charge in [0.2, 0.25) is 0 Å². The highest BCUT2D eigenvalue weighted by Gasteiger charge is 1.95. The second kappa shape index (κ2) is 3.17. The minimum atomic E-state index is 1.18. The molecule has 0 bridgehead atoms. The molecule has 0 spiro atoms. The maximum absolute atomic E-state index is 2.10. The van der Waals surface area contributed by atoms with E-state index in [1.807, 2.05) is 0 Å². The van der Waals surface area contributed by atoms with Crippen LogP contribution < -0.4 is 0 Å². The van der Waals surface area contributed by atoms with Gasteiger partial charge in [0.05, 0.1) is 0 Å². The number of hydrogen-bond donors (Lipinski definition) is 0. The fourth-order valence-corrected chi connectivity index (χ4v) is 5.20. The highest BCUT2D eigenvalue weighted by molar-refractivity contribution is 8.52. The molecule has 1 aliphatic rings. The summed E-state index contributed by atoms with van der Waals surface area (Å²) < 4.78 is 0. The summed E-state index contributed by atoms with van der Waals surface area (Å²) in [5.41, 5.74) is 1.41. The second-order valence-electron chi connectivity index (χ2n) is 1.05. The Bertz CT molecular complexity index is 24.3. The van der Waals surface area contributed by atoms with Crippen molar-refractivity contribution in [3.63, 3.8) is 0 Å². The molecule has 1 saturated heterocycles. The van der Waals surface area contributed by atoms with E-state index in [2.05, 4.69) is 23.1 Å². The summed E-state index contributed by atoms with van der Waals surface area (Å²) in [7, 11) is 1.18. The minimum Gasteiger partial charge on any atom is -0.156 e. The van der Waals surface area contributed by atoms with E-state index < -0.39 is 0 Å². The van der Waals surface area contributed by atoms with Crippen LogP contribution in [0.15, 0.2) is 0 Å². The summed E-state index contributed by atoms with van der Waals surface area (Å²) in [6, 6.07) is 0.